The van der Waals surface area contributed by atoms with Crippen LogP contribution in [0, 0.1) is 17.8 Å². The van der Waals surface area contributed by atoms with E-state index in [9.17, 15) is 9.59 Å². The first-order valence-corrected chi connectivity index (χ1v) is 6.76. The van der Waals surface area contributed by atoms with Gasteiger partial charge in [-0.05, 0) is 6.42 Å². The summed E-state index contributed by atoms with van der Waals surface area (Å²) in [6.45, 7) is 6.35. The zero-order chi connectivity index (χ0) is 14.0. The molecule has 2 rings (SSSR count). The van der Waals surface area contributed by atoms with Gasteiger partial charge in [0.15, 0.2) is 0 Å². The Labute approximate surface area is 134 Å². The third-order valence-corrected chi connectivity index (χ3v) is 3.57. The summed E-state index contributed by atoms with van der Waals surface area (Å²) in [5, 5.41) is 2.42. The molecule has 0 spiro atoms. The summed E-state index contributed by atoms with van der Waals surface area (Å²) in [5.74, 6) is 1.06. The van der Waals surface area contributed by atoms with E-state index >= 15 is 0 Å². The van der Waals surface area contributed by atoms with Crippen LogP contribution in [0.3, 0.4) is 0 Å². The van der Waals surface area contributed by atoms with E-state index in [-0.39, 0.29) is 38.2 Å². The van der Waals surface area contributed by atoms with Crippen LogP contribution in [0.25, 0.3) is 0 Å². The van der Waals surface area contributed by atoms with Crippen LogP contribution in [0.1, 0.15) is 33.6 Å². The standard InChI is InChI=1S/C16H20NO2.Re/c1-10(2)12-4-5-13(9-11(3)8-12)14-6-7-15(18)17-16(14)19;/h4-5,8-10,14H,6-7H2,1-3H3,(H,17,18,19);/q-1;. The number of allylic oxidation sites excluding steroid dienone is 5. The first-order valence-electron chi connectivity index (χ1n) is 6.76. The molecule has 1 aliphatic carbocycles. The monoisotopic (exact) mass is 445 g/mol. The maximum absolute atomic E-state index is 11.9. The van der Waals surface area contributed by atoms with Crippen molar-refractivity contribution in [3.8, 4) is 0 Å². The summed E-state index contributed by atoms with van der Waals surface area (Å²) in [6.07, 6.45) is 9.32. The van der Waals surface area contributed by atoms with Crippen LogP contribution in [-0.4, -0.2) is 11.8 Å². The topological polar surface area (TPSA) is 46.2 Å². The van der Waals surface area contributed by atoms with Crippen LogP contribution in [0.5, 0.6) is 0 Å². The molecule has 1 heterocycles. The summed E-state index contributed by atoms with van der Waals surface area (Å²) >= 11 is 0. The normalized spacial score (nSPS) is 22.8. The Balaban J connectivity index is 0.00000200. The molecule has 1 radical (unpaired) electrons. The maximum atomic E-state index is 11.9. The maximum Gasteiger partial charge on any atom is 0.226 e. The van der Waals surface area contributed by atoms with Gasteiger partial charge in [-0.2, -0.15) is 18.1 Å². The van der Waals surface area contributed by atoms with Crippen molar-refractivity contribution in [2.75, 3.05) is 0 Å². The van der Waals surface area contributed by atoms with Gasteiger partial charge >= 0.3 is 0 Å². The van der Waals surface area contributed by atoms with Gasteiger partial charge < -0.3 is 0 Å². The summed E-state index contributed by atoms with van der Waals surface area (Å²) in [7, 11) is 0. The van der Waals surface area contributed by atoms with Gasteiger partial charge in [0.1, 0.15) is 0 Å². The molecule has 1 fully saturated rings. The molecule has 20 heavy (non-hydrogen) atoms. The number of piperidine rings is 1. The van der Waals surface area contributed by atoms with Crippen molar-refractivity contribution in [1.29, 1.82) is 0 Å². The van der Waals surface area contributed by atoms with Gasteiger partial charge in [-0.1, -0.05) is 26.7 Å². The molecular weight excluding hydrogens is 424 g/mol. The summed E-state index contributed by atoms with van der Waals surface area (Å²) in [4.78, 5) is 23.1. The quantitative estimate of drug-likeness (QED) is 0.526. The second-order valence-corrected chi connectivity index (χ2v) is 5.52. The van der Waals surface area contributed by atoms with Crippen molar-refractivity contribution < 1.29 is 30.0 Å². The van der Waals surface area contributed by atoms with Crippen LogP contribution in [-0.2, 0) is 30.0 Å². The largest absolute Gasteiger partial charge is 0.297 e. The first kappa shape index (κ1) is 16.9. The van der Waals surface area contributed by atoms with Gasteiger partial charge in [-0.3, -0.25) is 14.9 Å². The molecule has 2 amide bonds. The minimum atomic E-state index is -0.205. The second-order valence-electron chi connectivity index (χ2n) is 5.52. The molecule has 1 unspecified atom stereocenters. The molecule has 1 N–H and O–H groups in total. The SMILES string of the molecule is C[C-]1C=C(C(C)C)C=CC(C2CCC(=O)NC2=O)=C1.[Re]. The average Bonchev–Trinajstić information content (AvgIpc) is 2.51. The molecular formula is C16H20NO2Re-. The number of nitrogens with one attached hydrogen (secondary N) is 1. The fourth-order valence-electron chi connectivity index (χ4n) is 2.44. The van der Waals surface area contributed by atoms with E-state index in [1.54, 1.807) is 0 Å². The fourth-order valence-corrected chi connectivity index (χ4v) is 2.44. The molecule has 0 aromatic heterocycles. The number of rotatable bonds is 2. The van der Waals surface area contributed by atoms with E-state index in [0.717, 1.165) is 11.5 Å². The van der Waals surface area contributed by atoms with Gasteiger partial charge in [0.2, 0.25) is 11.8 Å². The smallest absolute Gasteiger partial charge is 0.226 e. The number of amides is 2. The Morgan fingerprint density at radius 1 is 1.25 bits per heavy atom. The Bertz CT molecular complexity index is 489. The Kier molecular flexibility index (Phi) is 5.98. The molecule has 0 bridgehead atoms. The fraction of sp³-hybridized carbons (Fsp3) is 0.438. The predicted molar refractivity (Wildman–Crippen MR) is 74.9 cm³/mol. The van der Waals surface area contributed by atoms with Crippen LogP contribution < -0.4 is 5.32 Å². The number of imide groups is 1. The second kappa shape index (κ2) is 7.06. The van der Waals surface area contributed by atoms with E-state index in [0.29, 0.717) is 18.8 Å². The van der Waals surface area contributed by atoms with Gasteiger partial charge in [-0.25, -0.2) is 0 Å². The van der Waals surface area contributed by atoms with E-state index < -0.39 is 0 Å². The molecule has 0 aromatic rings. The predicted octanol–water partition coefficient (Wildman–Crippen LogP) is 2.71. The van der Waals surface area contributed by atoms with Gasteiger partial charge in [0, 0.05) is 32.8 Å². The molecule has 0 aromatic carbocycles. The molecule has 4 heteroatoms. The van der Waals surface area contributed by atoms with Crippen molar-refractivity contribution in [2.24, 2.45) is 11.8 Å². The number of hydrogen-bond acceptors (Lipinski definition) is 2. The van der Waals surface area contributed by atoms with E-state index in [1.165, 1.54) is 5.57 Å². The van der Waals surface area contributed by atoms with E-state index in [1.807, 2.05) is 19.1 Å². The summed E-state index contributed by atoms with van der Waals surface area (Å²) in [5.41, 5.74) is 2.26. The van der Waals surface area contributed by atoms with Crippen molar-refractivity contribution in [3.63, 3.8) is 0 Å². The zero-order valence-corrected chi connectivity index (χ0v) is 14.8. The van der Waals surface area contributed by atoms with Crippen molar-refractivity contribution in [2.45, 2.75) is 33.6 Å². The Morgan fingerprint density at radius 3 is 2.55 bits per heavy atom. The van der Waals surface area contributed by atoms with Gasteiger partial charge in [-0.15, -0.1) is 23.3 Å². The molecule has 1 atom stereocenters. The summed E-state index contributed by atoms with van der Waals surface area (Å²) < 4.78 is 0. The van der Waals surface area contributed by atoms with Crippen molar-refractivity contribution in [1.82, 2.24) is 5.32 Å². The Morgan fingerprint density at radius 2 is 1.95 bits per heavy atom. The minimum Gasteiger partial charge on any atom is -0.297 e. The van der Waals surface area contributed by atoms with Crippen LogP contribution in [0.2, 0.25) is 0 Å². The molecule has 0 saturated carbocycles. The zero-order valence-electron chi connectivity index (χ0n) is 12.1. The van der Waals surface area contributed by atoms with Gasteiger partial charge in [0.25, 0.3) is 0 Å². The first-order chi connectivity index (χ1) is 8.97. The van der Waals surface area contributed by atoms with Crippen molar-refractivity contribution >= 4 is 11.8 Å². The molecule has 3 nitrogen and oxygen atoms in total. The average molecular weight is 445 g/mol. The van der Waals surface area contributed by atoms with Crippen molar-refractivity contribution in [3.05, 3.63) is 41.4 Å². The minimum absolute atomic E-state index is 0. The molecule has 2 aliphatic rings. The third kappa shape index (κ3) is 3.94. The van der Waals surface area contributed by atoms with E-state index in [4.69, 9.17) is 0 Å². The van der Waals surface area contributed by atoms with Crippen LogP contribution in [0.15, 0.2) is 35.5 Å². The number of carbonyl (C=O) groups excluding carboxylic acids is 2. The molecule has 1 saturated heterocycles. The van der Waals surface area contributed by atoms with Crippen LogP contribution in [0.4, 0.5) is 0 Å². The van der Waals surface area contributed by atoms with E-state index in [2.05, 4.69) is 31.3 Å². The third-order valence-electron chi connectivity index (χ3n) is 3.57. The Hall–Kier alpha value is -1.11. The van der Waals surface area contributed by atoms with Crippen LogP contribution >= 0.6 is 0 Å². The molecule has 1 aliphatic heterocycles. The molecule has 109 valence electrons. The number of carbonyl (C=O) groups is 2. The van der Waals surface area contributed by atoms with Gasteiger partial charge in [0.05, 0.1) is 0 Å². The number of hydrogen-bond donors (Lipinski definition) is 1. The summed E-state index contributed by atoms with van der Waals surface area (Å²) in [6, 6.07) is 0.